The van der Waals surface area contributed by atoms with Gasteiger partial charge in [-0.1, -0.05) is 11.8 Å². The highest BCUT2D eigenvalue weighted by atomic mass is 32.2. The molecule has 17 heavy (non-hydrogen) atoms. The summed E-state index contributed by atoms with van der Waals surface area (Å²) in [6, 6.07) is 0. The Bertz CT molecular complexity index is 397. The summed E-state index contributed by atoms with van der Waals surface area (Å²) < 4.78 is 42.5. The van der Waals surface area contributed by atoms with E-state index in [1.54, 1.807) is 13.8 Å². The van der Waals surface area contributed by atoms with E-state index >= 15 is 0 Å². The predicted octanol–water partition coefficient (Wildman–Crippen LogP) is 2.79. The van der Waals surface area contributed by atoms with Gasteiger partial charge in [0.1, 0.15) is 11.0 Å². The second kappa shape index (κ2) is 4.99. The van der Waals surface area contributed by atoms with Crippen molar-refractivity contribution in [2.75, 3.05) is 0 Å². The maximum Gasteiger partial charge on any atom is 0.401 e. The summed E-state index contributed by atoms with van der Waals surface area (Å²) >= 11 is 0.275. The van der Waals surface area contributed by atoms with E-state index in [-0.39, 0.29) is 17.0 Å². The molecule has 1 atom stereocenters. The standard InChI is InChI=1S/C9H10F3NO3S/c1-4-5(2)16-8(13-4)17-6(3-7(14)15)9(10,11)12/h6H,3H2,1-2H3,(H,14,15). The second-order valence-corrected chi connectivity index (χ2v) is 4.52. The molecule has 1 aromatic heterocycles. The number of aliphatic carboxylic acids is 1. The molecule has 4 nitrogen and oxygen atoms in total. The fraction of sp³-hybridized carbons (Fsp3) is 0.556. The van der Waals surface area contributed by atoms with Gasteiger partial charge in [-0.2, -0.15) is 13.2 Å². The number of hydrogen-bond acceptors (Lipinski definition) is 4. The Kier molecular flexibility index (Phi) is 4.07. The number of alkyl halides is 3. The van der Waals surface area contributed by atoms with Gasteiger partial charge in [-0.05, 0) is 13.8 Å². The third-order valence-electron chi connectivity index (χ3n) is 1.98. The number of aromatic nitrogens is 1. The molecule has 1 aromatic rings. The number of thioether (sulfide) groups is 1. The fourth-order valence-electron chi connectivity index (χ4n) is 0.998. The van der Waals surface area contributed by atoms with Crippen molar-refractivity contribution in [3.05, 3.63) is 11.5 Å². The number of carboxylic acid groups (broad SMARTS) is 1. The van der Waals surface area contributed by atoms with Crippen molar-refractivity contribution in [3.8, 4) is 0 Å². The Balaban J connectivity index is 2.82. The van der Waals surface area contributed by atoms with E-state index < -0.39 is 23.8 Å². The molecular formula is C9H10F3NO3S. The van der Waals surface area contributed by atoms with Crippen LogP contribution in [0.1, 0.15) is 17.9 Å². The van der Waals surface area contributed by atoms with Gasteiger partial charge < -0.3 is 9.52 Å². The van der Waals surface area contributed by atoms with Crippen LogP contribution in [-0.4, -0.2) is 27.5 Å². The fourth-order valence-corrected chi connectivity index (χ4v) is 1.96. The lowest BCUT2D eigenvalue weighted by atomic mass is 10.3. The molecule has 0 amide bonds. The summed E-state index contributed by atoms with van der Waals surface area (Å²) in [7, 11) is 0. The molecule has 0 saturated heterocycles. The summed E-state index contributed by atoms with van der Waals surface area (Å²) in [5.41, 5.74) is 0.490. The van der Waals surface area contributed by atoms with Gasteiger partial charge in [0.2, 0.25) is 0 Å². The molecule has 1 unspecified atom stereocenters. The minimum absolute atomic E-state index is 0.163. The predicted molar refractivity (Wildman–Crippen MR) is 53.9 cm³/mol. The van der Waals surface area contributed by atoms with Gasteiger partial charge >= 0.3 is 12.1 Å². The average molecular weight is 269 g/mol. The van der Waals surface area contributed by atoms with Gasteiger partial charge in [0.25, 0.3) is 5.22 Å². The molecule has 0 bridgehead atoms. The van der Waals surface area contributed by atoms with Gasteiger partial charge in [-0.25, -0.2) is 4.98 Å². The Morgan fingerprint density at radius 1 is 1.53 bits per heavy atom. The van der Waals surface area contributed by atoms with E-state index in [4.69, 9.17) is 9.52 Å². The first kappa shape index (κ1) is 13.9. The lowest BCUT2D eigenvalue weighted by Crippen LogP contribution is -2.28. The summed E-state index contributed by atoms with van der Waals surface area (Å²) in [6.07, 6.45) is -5.63. The lowest BCUT2D eigenvalue weighted by Gasteiger charge is -2.15. The smallest absolute Gasteiger partial charge is 0.401 e. The molecule has 0 radical (unpaired) electrons. The Morgan fingerprint density at radius 3 is 2.47 bits per heavy atom. The monoisotopic (exact) mass is 269 g/mol. The summed E-state index contributed by atoms with van der Waals surface area (Å²) in [4.78, 5) is 14.1. The van der Waals surface area contributed by atoms with Crippen LogP contribution in [0.5, 0.6) is 0 Å². The van der Waals surface area contributed by atoms with E-state index in [9.17, 15) is 18.0 Å². The van der Waals surface area contributed by atoms with E-state index in [1.807, 2.05) is 0 Å². The van der Waals surface area contributed by atoms with Gasteiger partial charge in [-0.3, -0.25) is 4.79 Å². The van der Waals surface area contributed by atoms with Gasteiger partial charge in [0, 0.05) is 0 Å². The van der Waals surface area contributed by atoms with Crippen molar-refractivity contribution in [2.45, 2.75) is 36.9 Å². The zero-order valence-electron chi connectivity index (χ0n) is 9.04. The third-order valence-corrected chi connectivity index (χ3v) is 3.07. The number of aryl methyl sites for hydroxylation is 2. The number of carbonyl (C=O) groups is 1. The van der Waals surface area contributed by atoms with Gasteiger partial charge in [0.05, 0.1) is 12.1 Å². The SMILES string of the molecule is Cc1nc(SC(CC(=O)O)C(F)(F)F)oc1C. The van der Waals surface area contributed by atoms with Crippen LogP contribution in [0.4, 0.5) is 13.2 Å². The van der Waals surface area contributed by atoms with Crippen LogP contribution in [0, 0.1) is 13.8 Å². The molecule has 1 N–H and O–H groups in total. The van der Waals surface area contributed by atoms with E-state index in [0.29, 0.717) is 11.5 Å². The largest absolute Gasteiger partial charge is 0.481 e. The zero-order valence-corrected chi connectivity index (χ0v) is 9.85. The average Bonchev–Trinajstić information content (AvgIpc) is 2.42. The normalized spacial score (nSPS) is 13.7. The first-order chi connectivity index (χ1) is 7.70. The van der Waals surface area contributed by atoms with E-state index in [1.165, 1.54) is 0 Å². The van der Waals surface area contributed by atoms with Crippen molar-refractivity contribution in [1.82, 2.24) is 4.98 Å². The van der Waals surface area contributed by atoms with Crippen molar-refractivity contribution in [2.24, 2.45) is 0 Å². The third kappa shape index (κ3) is 3.95. The number of nitrogens with zero attached hydrogens (tertiary/aromatic N) is 1. The van der Waals surface area contributed by atoms with E-state index in [0.717, 1.165) is 0 Å². The van der Waals surface area contributed by atoms with Crippen LogP contribution in [0.25, 0.3) is 0 Å². The minimum Gasteiger partial charge on any atom is -0.481 e. The highest BCUT2D eigenvalue weighted by Gasteiger charge is 2.42. The Labute approximate surface area is 99.2 Å². The first-order valence-corrected chi connectivity index (χ1v) is 5.47. The second-order valence-electron chi connectivity index (χ2n) is 3.37. The highest BCUT2D eigenvalue weighted by Crippen LogP contribution is 2.37. The van der Waals surface area contributed by atoms with Gasteiger partial charge in [-0.15, -0.1) is 0 Å². The molecular weight excluding hydrogens is 259 g/mol. The minimum atomic E-state index is -4.61. The molecule has 0 aliphatic heterocycles. The molecule has 0 saturated carbocycles. The number of hydrogen-bond donors (Lipinski definition) is 1. The molecule has 1 heterocycles. The van der Waals surface area contributed by atoms with Crippen LogP contribution in [0.2, 0.25) is 0 Å². The van der Waals surface area contributed by atoms with Crippen LogP contribution in [-0.2, 0) is 4.79 Å². The summed E-state index contributed by atoms with van der Waals surface area (Å²) in [5.74, 6) is -1.09. The molecule has 0 fully saturated rings. The summed E-state index contributed by atoms with van der Waals surface area (Å²) in [5, 5.41) is 6.20. The van der Waals surface area contributed by atoms with Crippen molar-refractivity contribution < 1.29 is 27.5 Å². The van der Waals surface area contributed by atoms with Crippen LogP contribution in [0.15, 0.2) is 9.64 Å². The van der Waals surface area contributed by atoms with Crippen molar-refractivity contribution >= 4 is 17.7 Å². The topological polar surface area (TPSA) is 63.3 Å². The van der Waals surface area contributed by atoms with Crippen LogP contribution >= 0.6 is 11.8 Å². The molecule has 0 aliphatic carbocycles. The summed E-state index contributed by atoms with van der Waals surface area (Å²) in [6.45, 7) is 3.18. The molecule has 0 aliphatic rings. The Hall–Kier alpha value is -1.18. The quantitative estimate of drug-likeness (QED) is 0.851. The first-order valence-electron chi connectivity index (χ1n) is 4.59. The number of rotatable bonds is 4. The molecule has 8 heteroatoms. The zero-order chi connectivity index (χ0) is 13.2. The number of halogens is 3. The number of oxazole rings is 1. The molecule has 0 aromatic carbocycles. The van der Waals surface area contributed by atoms with Gasteiger partial charge in [0.15, 0.2) is 0 Å². The maximum absolute atomic E-state index is 12.5. The van der Waals surface area contributed by atoms with Crippen molar-refractivity contribution in [3.63, 3.8) is 0 Å². The van der Waals surface area contributed by atoms with Crippen LogP contribution in [0.3, 0.4) is 0 Å². The highest BCUT2D eigenvalue weighted by molar-refractivity contribution is 7.99. The van der Waals surface area contributed by atoms with Crippen LogP contribution < -0.4 is 0 Å². The molecule has 96 valence electrons. The molecule has 0 spiro atoms. The lowest BCUT2D eigenvalue weighted by molar-refractivity contribution is -0.150. The van der Waals surface area contributed by atoms with E-state index in [2.05, 4.69) is 4.98 Å². The Morgan fingerprint density at radius 2 is 2.12 bits per heavy atom. The van der Waals surface area contributed by atoms with Crippen molar-refractivity contribution in [1.29, 1.82) is 0 Å². The molecule has 1 rings (SSSR count). The maximum atomic E-state index is 12.5. The number of carboxylic acids is 1.